The summed E-state index contributed by atoms with van der Waals surface area (Å²) in [7, 11) is 0. The van der Waals surface area contributed by atoms with Gasteiger partial charge < -0.3 is 14.8 Å². The molecule has 2 aromatic carbocycles. The van der Waals surface area contributed by atoms with Crippen LogP contribution in [0.5, 0.6) is 17.4 Å². The van der Waals surface area contributed by atoms with Crippen LogP contribution in [-0.2, 0) is 13.2 Å². The third-order valence-electron chi connectivity index (χ3n) is 4.25. The van der Waals surface area contributed by atoms with Crippen LogP contribution < -0.4 is 20.5 Å². The molecule has 1 N–H and O–H groups in total. The number of fused-ring (bicyclic) bond motifs is 1. The molecule has 0 spiro atoms. The van der Waals surface area contributed by atoms with Gasteiger partial charge in [-0.25, -0.2) is 13.6 Å². The molecular formula is C20H17F2N3O3. The average Bonchev–Trinajstić information content (AvgIpc) is 3.03. The molecular weight excluding hydrogens is 368 g/mol. The summed E-state index contributed by atoms with van der Waals surface area (Å²) in [4.78, 5) is 15.9. The predicted molar refractivity (Wildman–Crippen MR) is 98.8 cm³/mol. The van der Waals surface area contributed by atoms with Crippen LogP contribution in [0.1, 0.15) is 12.5 Å². The molecule has 6 nitrogen and oxygen atoms in total. The summed E-state index contributed by atoms with van der Waals surface area (Å²) >= 11 is 0. The van der Waals surface area contributed by atoms with Gasteiger partial charge in [-0.3, -0.25) is 4.57 Å². The Balaban J connectivity index is 1.45. The molecule has 0 saturated heterocycles. The van der Waals surface area contributed by atoms with Crippen molar-refractivity contribution in [3.8, 4) is 17.4 Å². The Hall–Kier alpha value is -3.42. The molecule has 144 valence electrons. The van der Waals surface area contributed by atoms with Gasteiger partial charge in [-0.1, -0.05) is 12.1 Å². The number of benzene rings is 2. The number of ether oxygens (including phenoxy) is 2. The topological polar surface area (TPSA) is 65.4 Å². The molecule has 1 aliphatic rings. The number of hydrogen-bond acceptors (Lipinski definition) is 5. The van der Waals surface area contributed by atoms with Gasteiger partial charge in [0.1, 0.15) is 24.0 Å². The third kappa shape index (κ3) is 3.80. The fraction of sp³-hybridized carbons (Fsp3) is 0.200. The molecule has 2 heterocycles. The number of nitrogens with one attached hydrogen (secondary N) is 1. The lowest BCUT2D eigenvalue weighted by Gasteiger charge is -2.10. The first-order chi connectivity index (χ1) is 13.5. The van der Waals surface area contributed by atoms with Gasteiger partial charge in [0, 0.05) is 24.7 Å². The number of nitrogens with zero attached hydrogens (tertiary/aromatic N) is 2. The molecule has 0 bridgehead atoms. The SMILES string of the molecule is CC1Cn2c(cc(OCc3ccc(Oc4cccc(F)c4)c(F)c3)nc2=O)N1. The molecule has 1 aliphatic heterocycles. The molecule has 0 aliphatic carbocycles. The molecule has 0 radical (unpaired) electrons. The van der Waals surface area contributed by atoms with E-state index in [1.807, 2.05) is 6.92 Å². The summed E-state index contributed by atoms with van der Waals surface area (Å²) < 4.78 is 39.9. The van der Waals surface area contributed by atoms with Crippen LogP contribution in [0.4, 0.5) is 14.6 Å². The minimum Gasteiger partial charge on any atom is -0.473 e. The number of anilines is 1. The van der Waals surface area contributed by atoms with Crippen molar-refractivity contribution in [3.63, 3.8) is 0 Å². The van der Waals surface area contributed by atoms with Gasteiger partial charge in [-0.2, -0.15) is 4.98 Å². The van der Waals surface area contributed by atoms with Gasteiger partial charge >= 0.3 is 5.69 Å². The smallest absolute Gasteiger partial charge is 0.352 e. The summed E-state index contributed by atoms with van der Waals surface area (Å²) in [6.07, 6.45) is 0. The van der Waals surface area contributed by atoms with Crippen molar-refractivity contribution in [2.24, 2.45) is 0 Å². The molecule has 1 atom stereocenters. The Labute approximate surface area is 159 Å². The molecule has 8 heteroatoms. The van der Waals surface area contributed by atoms with E-state index >= 15 is 0 Å². The van der Waals surface area contributed by atoms with E-state index in [0.717, 1.165) is 0 Å². The molecule has 28 heavy (non-hydrogen) atoms. The van der Waals surface area contributed by atoms with Crippen molar-refractivity contribution in [2.45, 2.75) is 26.1 Å². The standard InChI is InChI=1S/C20H17F2N3O3/c1-12-10-25-18(23-12)9-19(24-20(25)26)27-11-13-5-6-17(16(22)7-13)28-15-4-2-3-14(21)8-15/h2-9,12,23H,10-11H2,1H3. The summed E-state index contributed by atoms with van der Waals surface area (Å²) in [5.74, 6) is -0.0906. The molecule has 0 fully saturated rings. The van der Waals surface area contributed by atoms with Crippen molar-refractivity contribution in [3.05, 3.63) is 76.2 Å². The predicted octanol–water partition coefficient (Wildman–Crippen LogP) is 3.71. The minimum atomic E-state index is -0.608. The highest BCUT2D eigenvalue weighted by Crippen LogP contribution is 2.26. The van der Waals surface area contributed by atoms with Crippen LogP contribution in [-0.4, -0.2) is 15.6 Å². The van der Waals surface area contributed by atoms with Crippen LogP contribution in [0.3, 0.4) is 0 Å². The minimum absolute atomic E-state index is 0.0264. The monoisotopic (exact) mass is 385 g/mol. The fourth-order valence-electron chi connectivity index (χ4n) is 2.96. The van der Waals surface area contributed by atoms with E-state index in [2.05, 4.69) is 10.3 Å². The van der Waals surface area contributed by atoms with Crippen LogP contribution in [0.25, 0.3) is 0 Å². The van der Waals surface area contributed by atoms with Crippen molar-refractivity contribution in [2.75, 3.05) is 5.32 Å². The van der Waals surface area contributed by atoms with Crippen molar-refractivity contribution < 1.29 is 18.3 Å². The molecule has 4 rings (SSSR count). The van der Waals surface area contributed by atoms with Gasteiger partial charge in [-0.15, -0.1) is 0 Å². The van der Waals surface area contributed by atoms with E-state index in [0.29, 0.717) is 17.9 Å². The van der Waals surface area contributed by atoms with Crippen LogP contribution in [0.15, 0.2) is 53.3 Å². The van der Waals surface area contributed by atoms with Crippen LogP contribution in [0.2, 0.25) is 0 Å². The average molecular weight is 385 g/mol. The largest absolute Gasteiger partial charge is 0.473 e. The number of aromatic nitrogens is 2. The lowest BCUT2D eigenvalue weighted by Crippen LogP contribution is -2.22. The van der Waals surface area contributed by atoms with Gasteiger partial charge in [-0.05, 0) is 36.8 Å². The normalized spacial score (nSPS) is 15.0. The summed E-state index contributed by atoms with van der Waals surface area (Å²) in [5, 5.41) is 3.16. The first-order valence-corrected chi connectivity index (χ1v) is 8.71. The van der Waals surface area contributed by atoms with Gasteiger partial charge in [0.15, 0.2) is 11.6 Å². The van der Waals surface area contributed by atoms with E-state index in [1.54, 1.807) is 12.1 Å². The highest BCUT2D eigenvalue weighted by molar-refractivity contribution is 5.43. The maximum atomic E-state index is 14.3. The van der Waals surface area contributed by atoms with E-state index < -0.39 is 17.3 Å². The van der Waals surface area contributed by atoms with E-state index in [-0.39, 0.29) is 30.0 Å². The highest BCUT2D eigenvalue weighted by Gasteiger charge is 2.19. The Morgan fingerprint density at radius 1 is 1.21 bits per heavy atom. The first kappa shape index (κ1) is 18.0. The molecule has 1 unspecified atom stereocenters. The Bertz CT molecular complexity index is 1080. The second kappa shape index (κ2) is 7.30. The number of hydrogen-bond donors (Lipinski definition) is 1. The van der Waals surface area contributed by atoms with E-state index in [4.69, 9.17) is 9.47 Å². The number of rotatable bonds is 5. The lowest BCUT2D eigenvalue weighted by molar-refractivity contribution is 0.290. The molecule has 3 aromatic rings. The van der Waals surface area contributed by atoms with Gasteiger partial charge in [0.25, 0.3) is 0 Å². The summed E-state index contributed by atoms with van der Waals surface area (Å²) in [6.45, 7) is 2.55. The maximum Gasteiger partial charge on any atom is 0.352 e. The highest BCUT2D eigenvalue weighted by atomic mass is 19.1. The second-order valence-electron chi connectivity index (χ2n) is 6.53. The maximum absolute atomic E-state index is 14.3. The lowest BCUT2D eigenvalue weighted by atomic mass is 10.2. The Morgan fingerprint density at radius 2 is 2.07 bits per heavy atom. The quantitative estimate of drug-likeness (QED) is 0.725. The molecule has 0 saturated carbocycles. The fourth-order valence-corrected chi connectivity index (χ4v) is 2.96. The zero-order chi connectivity index (χ0) is 19.7. The molecule has 0 amide bonds. The van der Waals surface area contributed by atoms with Gasteiger partial charge in [0.05, 0.1) is 0 Å². The molecule has 1 aromatic heterocycles. The van der Waals surface area contributed by atoms with E-state index in [9.17, 15) is 13.6 Å². The summed E-state index contributed by atoms with van der Waals surface area (Å²) in [5.41, 5.74) is 0.141. The van der Waals surface area contributed by atoms with Crippen molar-refractivity contribution in [1.29, 1.82) is 0 Å². The summed E-state index contributed by atoms with van der Waals surface area (Å²) in [6, 6.07) is 11.6. The first-order valence-electron chi connectivity index (χ1n) is 8.71. The van der Waals surface area contributed by atoms with Crippen LogP contribution >= 0.6 is 0 Å². The second-order valence-corrected chi connectivity index (χ2v) is 6.53. The zero-order valence-corrected chi connectivity index (χ0v) is 15.0. The van der Waals surface area contributed by atoms with Gasteiger partial charge in [0.2, 0.25) is 5.88 Å². The third-order valence-corrected chi connectivity index (χ3v) is 4.25. The number of halogens is 2. The van der Waals surface area contributed by atoms with Crippen molar-refractivity contribution in [1.82, 2.24) is 9.55 Å². The Morgan fingerprint density at radius 3 is 2.86 bits per heavy atom. The zero-order valence-electron chi connectivity index (χ0n) is 15.0. The Kier molecular flexibility index (Phi) is 4.68. The van der Waals surface area contributed by atoms with Crippen LogP contribution in [0, 0.1) is 11.6 Å². The van der Waals surface area contributed by atoms with E-state index in [1.165, 1.54) is 41.0 Å². The van der Waals surface area contributed by atoms with Crippen molar-refractivity contribution >= 4 is 5.82 Å².